The third-order valence-electron chi connectivity index (χ3n) is 4.67. The van der Waals surface area contributed by atoms with Gasteiger partial charge in [-0.25, -0.2) is 0 Å². The summed E-state index contributed by atoms with van der Waals surface area (Å²) in [5.74, 6) is 0.0395. The van der Waals surface area contributed by atoms with E-state index in [-0.39, 0.29) is 24.2 Å². The number of hydrogen-bond donors (Lipinski definition) is 2. The number of likely N-dealkylation sites (tertiary alicyclic amines) is 1. The van der Waals surface area contributed by atoms with Crippen LogP contribution < -0.4 is 10.6 Å². The van der Waals surface area contributed by atoms with Gasteiger partial charge in [0.25, 0.3) is 0 Å². The van der Waals surface area contributed by atoms with Gasteiger partial charge in [0.15, 0.2) is 0 Å². The number of nitrogens with one attached hydrogen (secondary N) is 2. The van der Waals surface area contributed by atoms with E-state index in [2.05, 4.69) is 10.6 Å². The second-order valence-corrected chi connectivity index (χ2v) is 6.05. The largest absolute Gasteiger partial charge is 0.343 e. The first-order chi connectivity index (χ1) is 9.59. The molecule has 5 nitrogen and oxygen atoms in total. The summed E-state index contributed by atoms with van der Waals surface area (Å²) in [6.07, 6.45) is 6.01. The van der Waals surface area contributed by atoms with Crippen LogP contribution in [0, 0.1) is 0 Å². The molecule has 2 rings (SSSR count). The molecule has 2 N–H and O–H groups in total. The normalized spacial score (nSPS) is 26.9. The van der Waals surface area contributed by atoms with Gasteiger partial charge in [0.2, 0.25) is 11.8 Å². The highest BCUT2D eigenvalue weighted by Gasteiger charge is 2.40. The lowest BCUT2D eigenvalue weighted by molar-refractivity contribution is -0.138. The van der Waals surface area contributed by atoms with Gasteiger partial charge in [0.05, 0.1) is 5.54 Å². The zero-order valence-electron chi connectivity index (χ0n) is 13.1. The molecule has 2 atom stereocenters. The van der Waals surface area contributed by atoms with Crippen molar-refractivity contribution in [2.45, 2.75) is 64.0 Å². The molecule has 2 saturated heterocycles. The summed E-state index contributed by atoms with van der Waals surface area (Å²) in [7, 11) is 0. The lowest BCUT2D eigenvalue weighted by Crippen LogP contribution is -2.58. The molecule has 0 aromatic heterocycles. The predicted molar refractivity (Wildman–Crippen MR) is 85.5 cm³/mol. The second-order valence-electron chi connectivity index (χ2n) is 6.05. The van der Waals surface area contributed by atoms with Crippen molar-refractivity contribution in [3.05, 3.63) is 0 Å². The Morgan fingerprint density at radius 1 is 1.24 bits per heavy atom. The van der Waals surface area contributed by atoms with Crippen molar-refractivity contribution in [3.63, 3.8) is 0 Å². The molecular weight excluding hydrogens is 290 g/mol. The molecule has 21 heavy (non-hydrogen) atoms. The van der Waals surface area contributed by atoms with Crippen molar-refractivity contribution < 1.29 is 9.59 Å². The molecule has 0 radical (unpaired) electrons. The smallest absolute Gasteiger partial charge is 0.244 e. The Labute approximate surface area is 133 Å². The molecule has 2 heterocycles. The maximum atomic E-state index is 12.5. The van der Waals surface area contributed by atoms with E-state index in [1.807, 2.05) is 11.8 Å². The van der Waals surface area contributed by atoms with Crippen LogP contribution in [-0.4, -0.2) is 47.9 Å². The lowest BCUT2D eigenvalue weighted by Gasteiger charge is -2.32. The minimum Gasteiger partial charge on any atom is -0.343 e. The van der Waals surface area contributed by atoms with Gasteiger partial charge in [-0.15, -0.1) is 12.4 Å². The standard InChI is InChI=1S/C15H27N3O2.ClH/c1-3-15(8-7-9-16-15)14(20)17-12(2)13(19)18-10-5-4-6-11-18;/h12,16H,3-11H2,1-2H3,(H,17,20);1H. The van der Waals surface area contributed by atoms with Crippen LogP contribution in [-0.2, 0) is 9.59 Å². The predicted octanol–water partition coefficient (Wildman–Crippen LogP) is 1.46. The van der Waals surface area contributed by atoms with E-state index in [9.17, 15) is 9.59 Å². The van der Waals surface area contributed by atoms with Crippen LogP contribution in [0.4, 0.5) is 0 Å². The van der Waals surface area contributed by atoms with Crippen molar-refractivity contribution in [2.24, 2.45) is 0 Å². The summed E-state index contributed by atoms with van der Waals surface area (Å²) in [4.78, 5) is 26.7. The van der Waals surface area contributed by atoms with Gasteiger partial charge >= 0.3 is 0 Å². The van der Waals surface area contributed by atoms with Gasteiger partial charge in [-0.3, -0.25) is 9.59 Å². The molecule has 0 saturated carbocycles. The number of carbonyl (C=O) groups excluding carboxylic acids is 2. The van der Waals surface area contributed by atoms with E-state index in [4.69, 9.17) is 0 Å². The zero-order valence-corrected chi connectivity index (χ0v) is 13.9. The molecule has 2 amide bonds. The molecule has 0 bridgehead atoms. The second kappa shape index (κ2) is 7.99. The van der Waals surface area contributed by atoms with Crippen LogP contribution >= 0.6 is 12.4 Å². The number of rotatable bonds is 4. The Morgan fingerprint density at radius 3 is 2.43 bits per heavy atom. The highest BCUT2D eigenvalue weighted by Crippen LogP contribution is 2.23. The number of halogens is 1. The minimum absolute atomic E-state index is 0. The van der Waals surface area contributed by atoms with Gasteiger partial charge < -0.3 is 15.5 Å². The highest BCUT2D eigenvalue weighted by atomic mass is 35.5. The summed E-state index contributed by atoms with van der Waals surface area (Å²) in [5.41, 5.74) is -0.462. The Morgan fingerprint density at radius 2 is 1.90 bits per heavy atom. The Kier molecular flexibility index (Phi) is 6.94. The average molecular weight is 318 g/mol. The van der Waals surface area contributed by atoms with Crippen LogP contribution in [0.5, 0.6) is 0 Å². The third-order valence-corrected chi connectivity index (χ3v) is 4.67. The van der Waals surface area contributed by atoms with Crippen LogP contribution in [0.25, 0.3) is 0 Å². The molecule has 0 spiro atoms. The molecule has 0 aromatic rings. The fraction of sp³-hybridized carbons (Fsp3) is 0.867. The summed E-state index contributed by atoms with van der Waals surface area (Å²) in [6, 6.07) is -0.425. The Balaban J connectivity index is 0.00000220. The highest BCUT2D eigenvalue weighted by molar-refractivity contribution is 5.92. The van der Waals surface area contributed by atoms with E-state index in [1.165, 1.54) is 6.42 Å². The summed E-state index contributed by atoms with van der Waals surface area (Å²) in [5, 5.41) is 6.22. The Hall–Kier alpha value is -0.810. The van der Waals surface area contributed by atoms with Gasteiger partial charge in [0, 0.05) is 13.1 Å². The van der Waals surface area contributed by atoms with Crippen molar-refractivity contribution in [1.29, 1.82) is 0 Å². The molecule has 2 fully saturated rings. The monoisotopic (exact) mass is 317 g/mol. The number of amides is 2. The van der Waals surface area contributed by atoms with E-state index in [0.717, 1.165) is 51.7 Å². The summed E-state index contributed by atoms with van der Waals surface area (Å²) >= 11 is 0. The van der Waals surface area contributed by atoms with Crippen LogP contribution in [0.1, 0.15) is 52.4 Å². The lowest BCUT2D eigenvalue weighted by atomic mass is 9.93. The SMILES string of the molecule is CCC1(C(=O)NC(C)C(=O)N2CCCCC2)CCCN1.Cl. The minimum atomic E-state index is -0.462. The third kappa shape index (κ3) is 4.10. The van der Waals surface area contributed by atoms with Crippen LogP contribution in [0.15, 0.2) is 0 Å². The molecule has 6 heteroatoms. The van der Waals surface area contributed by atoms with E-state index in [0.29, 0.717) is 0 Å². The molecular formula is C15H28ClN3O2. The maximum Gasteiger partial charge on any atom is 0.244 e. The number of carbonyl (C=O) groups is 2. The first-order valence-corrected chi connectivity index (χ1v) is 7.94. The fourth-order valence-corrected chi connectivity index (χ4v) is 3.25. The molecule has 0 aliphatic carbocycles. The maximum absolute atomic E-state index is 12.5. The summed E-state index contributed by atoms with van der Waals surface area (Å²) < 4.78 is 0. The molecule has 2 aliphatic heterocycles. The van der Waals surface area contributed by atoms with Gasteiger partial charge in [0.1, 0.15) is 6.04 Å². The van der Waals surface area contributed by atoms with Gasteiger partial charge in [-0.05, 0) is 52.0 Å². The molecule has 2 unspecified atom stereocenters. The molecule has 0 aromatic carbocycles. The van der Waals surface area contributed by atoms with Crippen LogP contribution in [0.2, 0.25) is 0 Å². The first-order valence-electron chi connectivity index (χ1n) is 7.94. The number of hydrogen-bond acceptors (Lipinski definition) is 3. The van der Waals surface area contributed by atoms with Crippen molar-refractivity contribution in [3.8, 4) is 0 Å². The number of nitrogens with zero attached hydrogens (tertiary/aromatic N) is 1. The van der Waals surface area contributed by atoms with Crippen LogP contribution in [0.3, 0.4) is 0 Å². The average Bonchev–Trinajstić information content (AvgIpc) is 2.97. The van der Waals surface area contributed by atoms with Gasteiger partial charge in [-0.2, -0.15) is 0 Å². The van der Waals surface area contributed by atoms with E-state index >= 15 is 0 Å². The van der Waals surface area contributed by atoms with E-state index in [1.54, 1.807) is 6.92 Å². The molecule has 2 aliphatic rings. The van der Waals surface area contributed by atoms with Gasteiger partial charge in [-0.1, -0.05) is 6.92 Å². The topological polar surface area (TPSA) is 61.4 Å². The quantitative estimate of drug-likeness (QED) is 0.825. The van der Waals surface area contributed by atoms with Crippen molar-refractivity contribution in [1.82, 2.24) is 15.5 Å². The molecule has 122 valence electrons. The fourth-order valence-electron chi connectivity index (χ4n) is 3.25. The number of piperidine rings is 1. The van der Waals surface area contributed by atoms with Crippen molar-refractivity contribution >= 4 is 24.2 Å². The summed E-state index contributed by atoms with van der Waals surface area (Å²) in [6.45, 7) is 6.37. The Bertz CT molecular complexity index is 364. The van der Waals surface area contributed by atoms with Crippen molar-refractivity contribution in [2.75, 3.05) is 19.6 Å². The zero-order chi connectivity index (χ0) is 14.6. The van der Waals surface area contributed by atoms with E-state index < -0.39 is 11.6 Å². The first kappa shape index (κ1) is 18.2.